The molecule has 1 heterocycles. The van der Waals surface area contributed by atoms with Gasteiger partial charge in [-0.15, -0.1) is 0 Å². The second kappa shape index (κ2) is 6.27. The molecular weight excluding hydrogens is 218 g/mol. The van der Waals surface area contributed by atoms with Gasteiger partial charge in [0.2, 0.25) is 0 Å². The molecule has 1 aliphatic heterocycles. The fraction of sp³-hybridized carbons (Fsp3) is 1.00. The summed E-state index contributed by atoms with van der Waals surface area (Å²) in [4.78, 5) is 2.57. The van der Waals surface area contributed by atoms with Crippen LogP contribution in [0.2, 0.25) is 0 Å². The normalized spacial score (nSPS) is 22.3. The van der Waals surface area contributed by atoms with E-state index in [0.29, 0.717) is 12.0 Å². The Bertz CT molecular complexity index is 195. The standard InChI is InChI=1S/C13H27NOS/c1-5-16-10-11(2)14-8-6-12(7-9-14)13(3,4)15/h11-12,15H,5-10H2,1-4H3. The topological polar surface area (TPSA) is 23.5 Å². The quantitative estimate of drug-likeness (QED) is 0.805. The maximum atomic E-state index is 9.99. The van der Waals surface area contributed by atoms with Gasteiger partial charge in [0.25, 0.3) is 0 Å². The van der Waals surface area contributed by atoms with Crippen LogP contribution in [0.1, 0.15) is 40.5 Å². The Morgan fingerprint density at radius 3 is 2.38 bits per heavy atom. The van der Waals surface area contributed by atoms with Gasteiger partial charge < -0.3 is 5.11 Å². The summed E-state index contributed by atoms with van der Waals surface area (Å²) in [5.74, 6) is 2.93. The van der Waals surface area contributed by atoms with Crippen LogP contribution in [-0.2, 0) is 0 Å². The molecule has 1 fully saturated rings. The van der Waals surface area contributed by atoms with Gasteiger partial charge in [0, 0.05) is 11.8 Å². The summed E-state index contributed by atoms with van der Waals surface area (Å²) < 4.78 is 0. The second-order valence-corrected chi connectivity index (χ2v) is 6.79. The van der Waals surface area contributed by atoms with Gasteiger partial charge in [0.1, 0.15) is 0 Å². The zero-order valence-electron chi connectivity index (χ0n) is 11.2. The number of likely N-dealkylation sites (tertiary alicyclic amines) is 1. The molecule has 16 heavy (non-hydrogen) atoms. The van der Waals surface area contributed by atoms with Gasteiger partial charge in [-0.25, -0.2) is 0 Å². The number of hydrogen-bond donors (Lipinski definition) is 1. The number of nitrogens with zero attached hydrogens (tertiary/aromatic N) is 1. The zero-order valence-corrected chi connectivity index (χ0v) is 12.0. The molecular formula is C13H27NOS. The lowest BCUT2D eigenvalue weighted by Crippen LogP contribution is -2.45. The first-order chi connectivity index (χ1) is 7.45. The van der Waals surface area contributed by atoms with E-state index in [4.69, 9.17) is 0 Å². The van der Waals surface area contributed by atoms with Crippen molar-refractivity contribution in [3.8, 4) is 0 Å². The first-order valence-electron chi connectivity index (χ1n) is 6.49. The molecule has 0 saturated carbocycles. The third-order valence-corrected chi connectivity index (χ3v) is 4.84. The molecule has 0 aromatic heterocycles. The molecule has 1 rings (SSSR count). The van der Waals surface area contributed by atoms with E-state index in [2.05, 4.69) is 18.7 Å². The van der Waals surface area contributed by atoms with Crippen LogP contribution < -0.4 is 0 Å². The smallest absolute Gasteiger partial charge is 0.0620 e. The largest absolute Gasteiger partial charge is 0.390 e. The summed E-state index contributed by atoms with van der Waals surface area (Å²) in [6, 6.07) is 0.688. The van der Waals surface area contributed by atoms with E-state index in [1.807, 2.05) is 25.6 Å². The summed E-state index contributed by atoms with van der Waals surface area (Å²) in [6.45, 7) is 10.7. The molecule has 0 spiro atoms. The SMILES string of the molecule is CCSCC(C)N1CCC(C(C)(C)O)CC1. The number of thioether (sulfide) groups is 1. The molecule has 2 nitrogen and oxygen atoms in total. The molecule has 1 atom stereocenters. The maximum Gasteiger partial charge on any atom is 0.0620 e. The number of rotatable bonds is 5. The van der Waals surface area contributed by atoms with Crippen molar-refractivity contribution < 1.29 is 5.11 Å². The lowest BCUT2D eigenvalue weighted by molar-refractivity contribution is -0.0164. The first kappa shape index (κ1) is 14.3. The first-order valence-corrected chi connectivity index (χ1v) is 7.64. The number of aliphatic hydroxyl groups is 1. The fourth-order valence-corrected chi connectivity index (χ4v) is 3.23. The van der Waals surface area contributed by atoms with Crippen molar-refractivity contribution in [3.63, 3.8) is 0 Å². The van der Waals surface area contributed by atoms with E-state index in [0.717, 1.165) is 25.9 Å². The molecule has 1 saturated heterocycles. The molecule has 1 N–H and O–H groups in total. The highest BCUT2D eigenvalue weighted by molar-refractivity contribution is 7.99. The number of piperidine rings is 1. The lowest BCUT2D eigenvalue weighted by Gasteiger charge is -2.40. The van der Waals surface area contributed by atoms with Crippen LogP contribution in [0.4, 0.5) is 0 Å². The fourth-order valence-electron chi connectivity index (χ4n) is 2.44. The molecule has 0 amide bonds. The second-order valence-electron chi connectivity index (χ2n) is 5.47. The van der Waals surface area contributed by atoms with E-state index in [1.165, 1.54) is 11.5 Å². The van der Waals surface area contributed by atoms with E-state index in [9.17, 15) is 5.11 Å². The minimum atomic E-state index is -0.493. The average molecular weight is 245 g/mol. The zero-order chi connectivity index (χ0) is 12.2. The van der Waals surface area contributed by atoms with Gasteiger partial charge in [-0.2, -0.15) is 11.8 Å². The predicted octanol–water partition coefficient (Wildman–Crippen LogP) is 2.61. The molecule has 1 aliphatic rings. The van der Waals surface area contributed by atoms with Gasteiger partial charge in [0.15, 0.2) is 0 Å². The van der Waals surface area contributed by atoms with Crippen LogP contribution in [0.25, 0.3) is 0 Å². The minimum Gasteiger partial charge on any atom is -0.390 e. The summed E-state index contributed by atoms with van der Waals surface area (Å²) in [5, 5.41) is 9.99. The van der Waals surface area contributed by atoms with Crippen LogP contribution in [0.3, 0.4) is 0 Å². The highest BCUT2D eigenvalue weighted by Gasteiger charge is 2.31. The summed E-state index contributed by atoms with van der Waals surface area (Å²) in [7, 11) is 0. The molecule has 0 radical (unpaired) electrons. The maximum absolute atomic E-state index is 9.99. The Morgan fingerprint density at radius 1 is 1.38 bits per heavy atom. The van der Waals surface area contributed by atoms with Gasteiger partial charge in [0.05, 0.1) is 5.60 Å². The highest BCUT2D eigenvalue weighted by atomic mass is 32.2. The third kappa shape index (κ3) is 4.27. The molecule has 0 aromatic rings. The molecule has 96 valence electrons. The van der Waals surface area contributed by atoms with Crippen LogP contribution >= 0.6 is 11.8 Å². The highest BCUT2D eigenvalue weighted by Crippen LogP contribution is 2.28. The molecule has 0 aromatic carbocycles. The third-order valence-electron chi connectivity index (χ3n) is 3.72. The van der Waals surface area contributed by atoms with Crippen molar-refractivity contribution >= 4 is 11.8 Å². The average Bonchev–Trinajstić information content (AvgIpc) is 2.25. The Balaban J connectivity index is 2.31. The van der Waals surface area contributed by atoms with Gasteiger partial charge in [-0.1, -0.05) is 6.92 Å². The summed E-state index contributed by atoms with van der Waals surface area (Å²) in [5.41, 5.74) is -0.493. The Kier molecular flexibility index (Phi) is 5.62. The molecule has 0 aliphatic carbocycles. The van der Waals surface area contributed by atoms with E-state index >= 15 is 0 Å². The van der Waals surface area contributed by atoms with Crippen molar-refractivity contribution in [2.24, 2.45) is 5.92 Å². The number of hydrogen-bond acceptors (Lipinski definition) is 3. The molecule has 3 heteroatoms. The van der Waals surface area contributed by atoms with Crippen LogP contribution in [0, 0.1) is 5.92 Å². The van der Waals surface area contributed by atoms with Gasteiger partial charge in [-0.05, 0) is 58.4 Å². The van der Waals surface area contributed by atoms with E-state index in [-0.39, 0.29) is 0 Å². The van der Waals surface area contributed by atoms with Gasteiger partial charge >= 0.3 is 0 Å². The van der Waals surface area contributed by atoms with Crippen molar-refractivity contribution in [2.75, 3.05) is 24.6 Å². The Hall–Kier alpha value is 0.270. The Labute approximate surface area is 105 Å². The van der Waals surface area contributed by atoms with Crippen molar-refractivity contribution in [1.82, 2.24) is 4.90 Å². The predicted molar refractivity (Wildman–Crippen MR) is 73.1 cm³/mol. The summed E-state index contributed by atoms with van der Waals surface area (Å²) in [6.07, 6.45) is 2.29. The Morgan fingerprint density at radius 2 is 1.94 bits per heavy atom. The van der Waals surface area contributed by atoms with Crippen LogP contribution in [0.5, 0.6) is 0 Å². The molecule has 1 unspecified atom stereocenters. The van der Waals surface area contributed by atoms with Crippen LogP contribution in [0.15, 0.2) is 0 Å². The van der Waals surface area contributed by atoms with Crippen molar-refractivity contribution in [2.45, 2.75) is 52.2 Å². The van der Waals surface area contributed by atoms with E-state index in [1.54, 1.807) is 0 Å². The molecule has 0 bridgehead atoms. The minimum absolute atomic E-state index is 0.481. The van der Waals surface area contributed by atoms with Gasteiger partial charge in [-0.3, -0.25) is 4.90 Å². The lowest BCUT2D eigenvalue weighted by atomic mass is 9.83. The monoisotopic (exact) mass is 245 g/mol. The van der Waals surface area contributed by atoms with Crippen molar-refractivity contribution in [1.29, 1.82) is 0 Å². The van der Waals surface area contributed by atoms with Crippen LogP contribution in [-0.4, -0.2) is 46.2 Å². The summed E-state index contributed by atoms with van der Waals surface area (Å²) >= 11 is 2.03. The van der Waals surface area contributed by atoms with E-state index < -0.39 is 5.60 Å². The van der Waals surface area contributed by atoms with Crippen molar-refractivity contribution in [3.05, 3.63) is 0 Å².